The molecule has 1 unspecified atom stereocenters. The molecule has 25 heavy (non-hydrogen) atoms. The Morgan fingerprint density at radius 3 is 2.76 bits per heavy atom. The van der Waals surface area contributed by atoms with E-state index in [0.717, 1.165) is 27.7 Å². The van der Waals surface area contributed by atoms with Crippen LogP contribution in [0.1, 0.15) is 22.6 Å². The molecule has 0 amide bonds. The van der Waals surface area contributed by atoms with E-state index in [1.54, 1.807) is 12.4 Å². The number of hydrogen-bond acceptors (Lipinski definition) is 5. The zero-order chi connectivity index (χ0) is 16.4. The summed E-state index contributed by atoms with van der Waals surface area (Å²) in [6, 6.07) is 15.3. The lowest BCUT2D eigenvalue weighted by Crippen LogP contribution is -2.01. The maximum absolute atomic E-state index is 4.53. The molecule has 4 nitrogen and oxygen atoms in total. The van der Waals surface area contributed by atoms with E-state index >= 15 is 0 Å². The molecule has 5 aromatic rings. The number of benzene rings is 3. The van der Waals surface area contributed by atoms with E-state index in [1.165, 1.54) is 39.0 Å². The minimum Gasteiger partial charge on any atom is -0.253 e. The van der Waals surface area contributed by atoms with Gasteiger partial charge in [0.2, 0.25) is 0 Å². The Morgan fingerprint density at radius 2 is 1.80 bits per heavy atom. The second kappa shape index (κ2) is 4.80. The Balaban J connectivity index is 1.69. The largest absolute Gasteiger partial charge is 0.253 e. The van der Waals surface area contributed by atoms with Gasteiger partial charge in [-0.05, 0) is 51.5 Å². The van der Waals surface area contributed by atoms with Crippen molar-refractivity contribution < 1.29 is 0 Å². The topological polar surface area (TPSA) is 51.6 Å². The summed E-state index contributed by atoms with van der Waals surface area (Å²) < 4.78 is 5.24. The van der Waals surface area contributed by atoms with Gasteiger partial charge in [-0.3, -0.25) is 9.97 Å². The first-order chi connectivity index (χ1) is 12.4. The maximum Gasteiger partial charge on any atom is 0.112 e. The van der Waals surface area contributed by atoms with E-state index in [1.807, 2.05) is 0 Å². The molecule has 1 aliphatic rings. The van der Waals surface area contributed by atoms with Gasteiger partial charge in [0, 0.05) is 18.3 Å². The first-order valence-corrected chi connectivity index (χ1v) is 9.04. The first kappa shape index (κ1) is 13.4. The molecule has 2 aromatic heterocycles. The molecule has 0 N–H and O–H groups in total. The second-order valence-corrected chi connectivity index (χ2v) is 7.21. The van der Waals surface area contributed by atoms with Crippen LogP contribution in [0.4, 0.5) is 0 Å². The summed E-state index contributed by atoms with van der Waals surface area (Å²) in [5, 5.41) is 7.15. The summed E-state index contributed by atoms with van der Waals surface area (Å²) in [6.07, 6.45) is 4.47. The zero-order valence-electron chi connectivity index (χ0n) is 13.2. The molecule has 0 bridgehead atoms. The Labute approximate surface area is 147 Å². The third kappa shape index (κ3) is 1.76. The van der Waals surface area contributed by atoms with Crippen molar-refractivity contribution in [3.8, 4) is 0 Å². The van der Waals surface area contributed by atoms with Crippen LogP contribution in [0.15, 0.2) is 54.9 Å². The number of nitrogens with zero attached hydrogens (tertiary/aromatic N) is 4. The van der Waals surface area contributed by atoms with E-state index in [4.69, 9.17) is 0 Å². The normalized spacial score (nSPS) is 16.2. The van der Waals surface area contributed by atoms with Gasteiger partial charge in [0.1, 0.15) is 15.7 Å². The maximum atomic E-state index is 4.53. The molecule has 6 rings (SSSR count). The highest BCUT2D eigenvalue weighted by molar-refractivity contribution is 7.14. The fraction of sp³-hybridized carbons (Fsp3) is 0.100. The van der Waals surface area contributed by atoms with Gasteiger partial charge in [-0.15, -0.1) is 5.10 Å². The third-order valence-electron chi connectivity index (χ3n) is 5.19. The van der Waals surface area contributed by atoms with Crippen LogP contribution in [0.5, 0.6) is 0 Å². The quantitative estimate of drug-likeness (QED) is 0.451. The van der Waals surface area contributed by atoms with Gasteiger partial charge in [-0.2, -0.15) is 0 Å². The van der Waals surface area contributed by atoms with Crippen LogP contribution in [-0.2, 0) is 6.42 Å². The van der Waals surface area contributed by atoms with E-state index in [2.05, 4.69) is 62.0 Å². The van der Waals surface area contributed by atoms with Crippen LogP contribution in [0.2, 0.25) is 0 Å². The van der Waals surface area contributed by atoms with Crippen LogP contribution >= 0.6 is 11.5 Å². The van der Waals surface area contributed by atoms with Crippen molar-refractivity contribution in [1.82, 2.24) is 19.6 Å². The fourth-order valence-electron chi connectivity index (χ4n) is 4.16. The van der Waals surface area contributed by atoms with Crippen molar-refractivity contribution in [3.05, 3.63) is 71.5 Å². The van der Waals surface area contributed by atoms with E-state index < -0.39 is 0 Å². The van der Waals surface area contributed by atoms with Crippen molar-refractivity contribution >= 4 is 43.6 Å². The highest BCUT2D eigenvalue weighted by Crippen LogP contribution is 2.44. The van der Waals surface area contributed by atoms with Crippen LogP contribution in [0, 0.1) is 0 Å². The molecule has 5 heteroatoms. The summed E-state index contributed by atoms with van der Waals surface area (Å²) in [5.74, 6) is 0.291. The van der Waals surface area contributed by atoms with Gasteiger partial charge in [0.05, 0.1) is 5.52 Å². The van der Waals surface area contributed by atoms with Crippen molar-refractivity contribution in [2.24, 2.45) is 0 Å². The number of hydrogen-bond donors (Lipinski definition) is 0. The smallest absolute Gasteiger partial charge is 0.112 e. The standard InChI is InChI=1S/C20H12N4S/c1-3-11-4-2-6-13-14(9-12(5-1)17(11)13)15-10-16-19(22-8-7-21-16)20-18(15)23-24-25-20/h1-8,10,14H,9H2. The monoisotopic (exact) mass is 340 g/mol. The molecule has 1 aliphatic carbocycles. The van der Waals surface area contributed by atoms with Crippen molar-refractivity contribution in [1.29, 1.82) is 0 Å². The van der Waals surface area contributed by atoms with Crippen molar-refractivity contribution in [2.45, 2.75) is 12.3 Å². The Hall–Kier alpha value is -2.92. The van der Waals surface area contributed by atoms with Crippen LogP contribution in [0.25, 0.3) is 32.0 Å². The average Bonchev–Trinajstić information content (AvgIpc) is 3.28. The van der Waals surface area contributed by atoms with E-state index in [-0.39, 0.29) is 0 Å². The van der Waals surface area contributed by atoms with Crippen LogP contribution in [-0.4, -0.2) is 19.6 Å². The van der Waals surface area contributed by atoms with Crippen molar-refractivity contribution in [3.63, 3.8) is 0 Å². The molecule has 118 valence electrons. The predicted molar refractivity (Wildman–Crippen MR) is 100 cm³/mol. The summed E-state index contributed by atoms with van der Waals surface area (Å²) in [6.45, 7) is 0. The molecule has 0 saturated heterocycles. The molecule has 0 saturated carbocycles. The van der Waals surface area contributed by atoms with Crippen LogP contribution < -0.4 is 0 Å². The highest BCUT2D eigenvalue weighted by atomic mass is 32.1. The lowest BCUT2D eigenvalue weighted by molar-refractivity contribution is 0.853. The average molecular weight is 340 g/mol. The number of aromatic nitrogens is 4. The molecular formula is C20H12N4S. The van der Waals surface area contributed by atoms with Crippen molar-refractivity contribution in [2.75, 3.05) is 0 Å². The van der Waals surface area contributed by atoms with E-state index in [9.17, 15) is 0 Å². The van der Waals surface area contributed by atoms with Gasteiger partial charge in [-0.25, -0.2) is 0 Å². The summed E-state index contributed by atoms with van der Waals surface area (Å²) in [7, 11) is 0. The summed E-state index contributed by atoms with van der Waals surface area (Å²) in [4.78, 5) is 9.03. The second-order valence-electron chi connectivity index (χ2n) is 6.46. The van der Waals surface area contributed by atoms with Gasteiger partial charge in [0.25, 0.3) is 0 Å². The molecule has 0 spiro atoms. The third-order valence-corrected chi connectivity index (χ3v) is 5.93. The first-order valence-electron chi connectivity index (χ1n) is 8.26. The van der Waals surface area contributed by atoms with Crippen LogP contribution in [0.3, 0.4) is 0 Å². The van der Waals surface area contributed by atoms with Gasteiger partial charge >= 0.3 is 0 Å². The minimum atomic E-state index is 0.291. The van der Waals surface area contributed by atoms with E-state index in [0.29, 0.717) is 5.92 Å². The fourth-order valence-corrected chi connectivity index (χ4v) is 4.86. The number of rotatable bonds is 1. The molecular weight excluding hydrogens is 328 g/mol. The molecule has 3 aromatic carbocycles. The van der Waals surface area contributed by atoms with Gasteiger partial charge in [-0.1, -0.05) is 40.9 Å². The Kier molecular flexibility index (Phi) is 2.57. The molecule has 2 heterocycles. The van der Waals surface area contributed by atoms with Gasteiger partial charge in [0.15, 0.2) is 0 Å². The SMILES string of the molecule is c1cc2c3c(cccc3c1)C(c1cc3nccnc3c3snnc13)C2. The lowest BCUT2D eigenvalue weighted by atomic mass is 9.91. The highest BCUT2D eigenvalue weighted by Gasteiger charge is 2.28. The zero-order valence-corrected chi connectivity index (χ0v) is 14.0. The Morgan fingerprint density at radius 1 is 0.920 bits per heavy atom. The minimum absolute atomic E-state index is 0.291. The molecule has 0 radical (unpaired) electrons. The molecule has 1 atom stereocenters. The summed E-state index contributed by atoms with van der Waals surface area (Å²) >= 11 is 1.40. The molecule has 0 fully saturated rings. The number of fused-ring (bicyclic) bond motifs is 3. The predicted octanol–water partition coefficient (Wildman–Crippen LogP) is 4.48. The molecule has 0 aliphatic heterocycles. The van der Waals surface area contributed by atoms with Gasteiger partial charge < -0.3 is 0 Å². The summed E-state index contributed by atoms with van der Waals surface area (Å²) in [5.41, 5.74) is 6.77. The Bertz CT molecular complexity index is 1290. The lowest BCUT2D eigenvalue weighted by Gasteiger charge is -2.13.